The molecule has 3 amide bonds. The number of hydrogen-bond acceptors (Lipinski definition) is 3. The lowest BCUT2D eigenvalue weighted by atomic mass is 9.85. The second kappa shape index (κ2) is 8.64. The standard InChI is InChI=1S/C24H12Cl5FN2O3/c1-9-7-11(25)5-6-13(9)31-20(10-3-2-4-12(30)8-10)21(24(31)35)32-22(33)14-15(23(32)34)17(27)19(29)18(28)16(14)26/h2-8,20-21H,1H3. The molecule has 2 atom stereocenters. The highest BCUT2D eigenvalue weighted by atomic mass is 35.5. The third-order valence-electron chi connectivity index (χ3n) is 6.09. The van der Waals surface area contributed by atoms with Gasteiger partial charge in [-0.1, -0.05) is 70.1 Å². The van der Waals surface area contributed by atoms with Crippen molar-refractivity contribution < 1.29 is 18.8 Å². The summed E-state index contributed by atoms with van der Waals surface area (Å²) in [6.07, 6.45) is 0. The quantitative estimate of drug-likeness (QED) is 0.145. The summed E-state index contributed by atoms with van der Waals surface area (Å²) in [5.74, 6) is -2.78. The minimum absolute atomic E-state index is 0.180. The van der Waals surface area contributed by atoms with E-state index in [4.69, 9.17) is 58.0 Å². The minimum atomic E-state index is -1.29. The van der Waals surface area contributed by atoms with Crippen molar-refractivity contribution in [2.75, 3.05) is 4.90 Å². The van der Waals surface area contributed by atoms with Crippen molar-refractivity contribution in [2.24, 2.45) is 0 Å². The number of benzene rings is 3. The fraction of sp³-hybridized carbons (Fsp3) is 0.125. The zero-order chi connectivity index (χ0) is 25.3. The molecule has 0 spiro atoms. The maximum absolute atomic E-state index is 14.2. The van der Waals surface area contributed by atoms with Gasteiger partial charge in [-0.25, -0.2) is 4.39 Å². The predicted molar refractivity (Wildman–Crippen MR) is 134 cm³/mol. The number of carbonyl (C=O) groups excluding carboxylic acids is 3. The molecular weight excluding hydrogens is 561 g/mol. The van der Waals surface area contributed by atoms with Crippen molar-refractivity contribution in [3.05, 3.63) is 95.6 Å². The van der Waals surface area contributed by atoms with Gasteiger partial charge in [0, 0.05) is 10.7 Å². The lowest BCUT2D eigenvalue weighted by Gasteiger charge is -2.50. The summed E-state index contributed by atoms with van der Waals surface area (Å²) in [5.41, 5.74) is 1.10. The largest absolute Gasteiger partial charge is 0.300 e. The van der Waals surface area contributed by atoms with Crippen LogP contribution < -0.4 is 4.90 Å². The van der Waals surface area contributed by atoms with Crippen molar-refractivity contribution >= 4 is 81.4 Å². The number of imide groups is 1. The van der Waals surface area contributed by atoms with E-state index in [1.165, 1.54) is 23.1 Å². The van der Waals surface area contributed by atoms with Crippen LogP contribution in [0.5, 0.6) is 0 Å². The second-order valence-electron chi connectivity index (χ2n) is 8.07. The van der Waals surface area contributed by atoms with Crippen molar-refractivity contribution in [3.8, 4) is 0 Å². The molecule has 0 saturated carbocycles. The normalized spacial score (nSPS) is 19.3. The smallest absolute Gasteiger partial charge is 0.264 e. The average molecular weight is 573 g/mol. The Labute approximate surface area is 223 Å². The molecule has 2 heterocycles. The average Bonchev–Trinajstić information content (AvgIpc) is 3.06. The van der Waals surface area contributed by atoms with Gasteiger partial charge in [-0.05, 0) is 48.4 Å². The molecule has 0 radical (unpaired) electrons. The first-order valence-electron chi connectivity index (χ1n) is 10.1. The summed E-state index contributed by atoms with van der Waals surface area (Å²) in [4.78, 5) is 42.6. The first kappa shape index (κ1) is 24.3. The van der Waals surface area contributed by atoms with E-state index in [9.17, 15) is 18.8 Å². The van der Waals surface area contributed by atoms with Crippen LogP contribution in [-0.4, -0.2) is 28.7 Å². The van der Waals surface area contributed by atoms with Gasteiger partial charge in [0.05, 0.1) is 37.3 Å². The molecule has 5 nitrogen and oxygen atoms in total. The van der Waals surface area contributed by atoms with E-state index in [0.717, 1.165) is 4.90 Å². The van der Waals surface area contributed by atoms with E-state index in [2.05, 4.69) is 0 Å². The number of fused-ring (bicyclic) bond motifs is 1. The zero-order valence-electron chi connectivity index (χ0n) is 17.6. The maximum Gasteiger partial charge on any atom is 0.264 e. The summed E-state index contributed by atoms with van der Waals surface area (Å²) in [7, 11) is 0. The first-order valence-corrected chi connectivity index (χ1v) is 12.0. The molecule has 2 aliphatic heterocycles. The van der Waals surface area contributed by atoms with E-state index in [1.807, 2.05) is 0 Å². The third kappa shape index (κ3) is 3.54. The van der Waals surface area contributed by atoms with Crippen molar-refractivity contribution in [1.82, 2.24) is 4.90 Å². The number of carbonyl (C=O) groups is 3. The third-order valence-corrected chi connectivity index (χ3v) is 8.12. The molecule has 0 aliphatic carbocycles. The molecule has 0 aromatic heterocycles. The number of anilines is 1. The summed E-state index contributed by atoms with van der Waals surface area (Å²) < 4.78 is 14.2. The van der Waals surface area contributed by atoms with Gasteiger partial charge < -0.3 is 4.90 Å². The fourth-order valence-corrected chi connectivity index (χ4v) is 5.77. The van der Waals surface area contributed by atoms with E-state index in [1.54, 1.807) is 31.2 Å². The number of amides is 3. The van der Waals surface area contributed by atoms with Crippen LogP contribution in [0, 0.1) is 12.7 Å². The molecule has 1 saturated heterocycles. The highest BCUT2D eigenvalue weighted by Crippen LogP contribution is 2.49. The van der Waals surface area contributed by atoms with Gasteiger partial charge in [-0.15, -0.1) is 0 Å². The maximum atomic E-state index is 14.2. The highest BCUT2D eigenvalue weighted by Gasteiger charge is 2.58. The van der Waals surface area contributed by atoms with Crippen LogP contribution in [0.4, 0.5) is 10.1 Å². The Morgan fingerprint density at radius 2 is 1.34 bits per heavy atom. The van der Waals surface area contributed by atoms with E-state index >= 15 is 0 Å². The van der Waals surface area contributed by atoms with Crippen molar-refractivity contribution in [1.29, 1.82) is 0 Å². The molecule has 5 rings (SSSR count). The zero-order valence-corrected chi connectivity index (χ0v) is 21.4. The van der Waals surface area contributed by atoms with E-state index in [-0.39, 0.29) is 31.2 Å². The van der Waals surface area contributed by atoms with E-state index < -0.39 is 35.6 Å². The van der Waals surface area contributed by atoms with Crippen LogP contribution in [0.2, 0.25) is 25.1 Å². The van der Waals surface area contributed by atoms with E-state index in [0.29, 0.717) is 21.8 Å². The Morgan fingerprint density at radius 3 is 1.89 bits per heavy atom. The Kier molecular flexibility index (Phi) is 6.01. The number of aryl methyl sites for hydroxylation is 1. The van der Waals surface area contributed by atoms with Gasteiger partial charge in [0.2, 0.25) is 0 Å². The van der Waals surface area contributed by atoms with Gasteiger partial charge in [0.15, 0.2) is 0 Å². The molecule has 3 aromatic carbocycles. The summed E-state index contributed by atoms with van der Waals surface area (Å²) in [6, 6.07) is 8.34. The molecule has 2 aliphatic rings. The van der Waals surface area contributed by atoms with Crippen LogP contribution in [0.1, 0.15) is 37.9 Å². The molecule has 11 heteroatoms. The summed E-state index contributed by atoms with van der Waals surface area (Å²) in [6.45, 7) is 1.76. The first-order chi connectivity index (χ1) is 16.5. The summed E-state index contributed by atoms with van der Waals surface area (Å²) in [5, 5.41) is -0.371. The predicted octanol–water partition coefficient (Wildman–Crippen LogP) is 7.15. The molecule has 0 N–H and O–H groups in total. The Morgan fingerprint density at radius 1 is 0.743 bits per heavy atom. The molecule has 0 bridgehead atoms. The molecule has 2 unspecified atom stereocenters. The number of nitrogens with zero attached hydrogens (tertiary/aromatic N) is 2. The van der Waals surface area contributed by atoms with Crippen molar-refractivity contribution in [3.63, 3.8) is 0 Å². The van der Waals surface area contributed by atoms with Crippen LogP contribution in [0.25, 0.3) is 0 Å². The lowest BCUT2D eigenvalue weighted by molar-refractivity contribution is -0.130. The number of halogens is 6. The van der Waals surface area contributed by atoms with Gasteiger partial charge in [-0.2, -0.15) is 0 Å². The van der Waals surface area contributed by atoms with Gasteiger partial charge in [-0.3, -0.25) is 19.3 Å². The molecular formula is C24H12Cl5FN2O3. The van der Waals surface area contributed by atoms with Gasteiger partial charge in [0.25, 0.3) is 17.7 Å². The van der Waals surface area contributed by atoms with Crippen LogP contribution >= 0.6 is 58.0 Å². The molecule has 35 heavy (non-hydrogen) atoms. The minimum Gasteiger partial charge on any atom is -0.300 e. The van der Waals surface area contributed by atoms with Crippen molar-refractivity contribution in [2.45, 2.75) is 19.0 Å². The number of β-lactam (4-membered cyclic amide) rings is 1. The highest BCUT2D eigenvalue weighted by molar-refractivity contribution is 6.55. The van der Waals surface area contributed by atoms with Crippen LogP contribution in [-0.2, 0) is 4.79 Å². The Hall–Kier alpha value is -2.35. The lowest BCUT2D eigenvalue weighted by Crippen LogP contribution is -2.67. The molecule has 178 valence electrons. The van der Waals surface area contributed by atoms with Gasteiger partial charge >= 0.3 is 0 Å². The fourth-order valence-electron chi connectivity index (χ4n) is 4.52. The van der Waals surface area contributed by atoms with Crippen LogP contribution in [0.15, 0.2) is 42.5 Å². The monoisotopic (exact) mass is 570 g/mol. The topological polar surface area (TPSA) is 57.7 Å². The Bertz CT molecular complexity index is 1430. The van der Waals surface area contributed by atoms with Crippen LogP contribution in [0.3, 0.4) is 0 Å². The number of hydrogen-bond donors (Lipinski definition) is 0. The second-order valence-corrected chi connectivity index (χ2v) is 10.0. The van der Waals surface area contributed by atoms with Gasteiger partial charge in [0.1, 0.15) is 11.9 Å². The molecule has 3 aromatic rings. The number of rotatable bonds is 3. The summed E-state index contributed by atoms with van der Waals surface area (Å²) >= 11 is 30.8. The SMILES string of the molecule is Cc1cc(Cl)ccc1N1C(=O)C(N2C(=O)c3c(Cl)c(Cl)c(Cl)c(Cl)c3C2=O)C1c1cccc(F)c1. The Balaban J connectivity index is 1.65. The molecule has 1 fully saturated rings.